The Balaban J connectivity index is 3.96. The summed E-state index contributed by atoms with van der Waals surface area (Å²) in [6, 6.07) is 0. The molecule has 0 aliphatic heterocycles. The Bertz CT molecular complexity index is 214. The molecule has 0 spiro atoms. The Hall–Kier alpha value is -1.62. The van der Waals surface area contributed by atoms with E-state index in [1.54, 1.807) is 0 Å². The summed E-state index contributed by atoms with van der Waals surface area (Å²) in [6.45, 7) is 7.18. The average Bonchev–Trinajstić information content (AvgIpc) is 2.21. The Morgan fingerprint density at radius 3 is 1.79 bits per heavy atom. The highest BCUT2D eigenvalue weighted by Gasteiger charge is 2.21. The van der Waals surface area contributed by atoms with E-state index in [4.69, 9.17) is 5.11 Å². The van der Waals surface area contributed by atoms with Gasteiger partial charge in [0.25, 0.3) is 11.8 Å². The number of amides is 2. The van der Waals surface area contributed by atoms with E-state index >= 15 is 0 Å². The fourth-order valence-corrected chi connectivity index (χ4v) is 0.658. The molecular formula is C9H14N2O3. The molecule has 0 aromatic rings. The Morgan fingerprint density at radius 2 is 1.50 bits per heavy atom. The maximum absolute atomic E-state index is 11.0. The smallest absolute Gasteiger partial charge is 0.258 e. The molecule has 0 atom stereocenters. The highest BCUT2D eigenvalue weighted by molar-refractivity contribution is 6.02. The van der Waals surface area contributed by atoms with Gasteiger partial charge in [0, 0.05) is 13.1 Å². The zero-order chi connectivity index (χ0) is 11.0. The summed E-state index contributed by atoms with van der Waals surface area (Å²) in [4.78, 5) is 22.0. The molecule has 0 saturated heterocycles. The highest BCUT2D eigenvalue weighted by Crippen LogP contribution is 1.83. The van der Waals surface area contributed by atoms with Crippen LogP contribution in [0.15, 0.2) is 25.3 Å². The summed E-state index contributed by atoms with van der Waals surface area (Å²) in [5, 5.41) is 13.7. The van der Waals surface area contributed by atoms with Crippen LogP contribution in [0, 0.1) is 0 Å². The Labute approximate surface area is 82.5 Å². The van der Waals surface area contributed by atoms with Gasteiger partial charge in [-0.3, -0.25) is 9.59 Å². The van der Waals surface area contributed by atoms with Crippen LogP contribution in [0.25, 0.3) is 0 Å². The molecule has 0 aromatic heterocycles. The van der Waals surface area contributed by atoms with Crippen molar-refractivity contribution in [2.24, 2.45) is 0 Å². The third-order valence-corrected chi connectivity index (χ3v) is 1.34. The first-order valence-electron chi connectivity index (χ1n) is 4.08. The van der Waals surface area contributed by atoms with Crippen LogP contribution in [0.2, 0.25) is 0 Å². The lowest BCUT2D eigenvalue weighted by Gasteiger charge is -2.09. The zero-order valence-corrected chi connectivity index (χ0v) is 7.82. The van der Waals surface area contributed by atoms with Crippen LogP contribution in [0.5, 0.6) is 0 Å². The molecule has 3 N–H and O–H groups in total. The lowest BCUT2D eigenvalue weighted by molar-refractivity contribution is -0.140. The van der Waals surface area contributed by atoms with Gasteiger partial charge in [-0.15, -0.1) is 13.2 Å². The van der Waals surface area contributed by atoms with Crippen molar-refractivity contribution in [2.75, 3.05) is 13.1 Å². The normalized spacial score (nSPS) is 9.29. The first-order valence-corrected chi connectivity index (χ1v) is 4.08. The molecule has 0 saturated carbocycles. The van der Waals surface area contributed by atoms with Gasteiger partial charge in [-0.25, -0.2) is 0 Å². The molecule has 0 aliphatic rings. The van der Waals surface area contributed by atoms with Crippen molar-refractivity contribution in [2.45, 2.75) is 6.10 Å². The maximum atomic E-state index is 11.0. The molecule has 5 nitrogen and oxygen atoms in total. The minimum atomic E-state index is -1.69. The second-order valence-corrected chi connectivity index (χ2v) is 2.47. The molecule has 0 unspecified atom stereocenters. The maximum Gasteiger partial charge on any atom is 0.258 e. The number of aliphatic hydroxyl groups excluding tert-OH is 1. The van der Waals surface area contributed by atoms with Crippen LogP contribution < -0.4 is 10.6 Å². The van der Waals surface area contributed by atoms with Gasteiger partial charge in [-0.2, -0.15) is 0 Å². The number of hydrogen-bond acceptors (Lipinski definition) is 3. The first kappa shape index (κ1) is 12.4. The predicted octanol–water partition coefficient (Wildman–Crippen LogP) is -1.05. The molecule has 0 rings (SSSR count). The molecule has 0 heterocycles. The van der Waals surface area contributed by atoms with Gasteiger partial charge in [0.1, 0.15) is 0 Å². The summed E-state index contributed by atoms with van der Waals surface area (Å²) in [6.07, 6.45) is 1.22. The van der Waals surface area contributed by atoms with Crippen molar-refractivity contribution in [3.63, 3.8) is 0 Å². The van der Waals surface area contributed by atoms with Gasteiger partial charge >= 0.3 is 0 Å². The molecular weight excluding hydrogens is 184 g/mol. The summed E-state index contributed by atoms with van der Waals surface area (Å²) < 4.78 is 0. The van der Waals surface area contributed by atoms with Gasteiger partial charge in [0.05, 0.1) is 0 Å². The van der Waals surface area contributed by atoms with Gasteiger partial charge in [0.15, 0.2) is 0 Å². The lowest BCUT2D eigenvalue weighted by atomic mass is 10.3. The number of rotatable bonds is 6. The largest absolute Gasteiger partial charge is 0.375 e. The fraction of sp³-hybridized carbons (Fsp3) is 0.333. The standard InChI is InChI=1S/C9H14N2O3/c1-3-5-10-8(13)7(12)9(14)11-6-4-2/h3-4,7,12H,1-2,5-6H2,(H,10,13)(H,11,14). The molecule has 0 aromatic carbocycles. The van der Waals surface area contributed by atoms with E-state index in [2.05, 4.69) is 23.8 Å². The van der Waals surface area contributed by atoms with Crippen molar-refractivity contribution in [1.82, 2.24) is 10.6 Å². The quantitative estimate of drug-likeness (QED) is 0.376. The van der Waals surface area contributed by atoms with E-state index in [1.165, 1.54) is 12.2 Å². The van der Waals surface area contributed by atoms with Crippen LogP contribution in [-0.2, 0) is 9.59 Å². The fourth-order valence-electron chi connectivity index (χ4n) is 0.658. The van der Waals surface area contributed by atoms with Gasteiger partial charge in [-0.1, -0.05) is 12.2 Å². The lowest BCUT2D eigenvalue weighted by Crippen LogP contribution is -2.45. The number of nitrogens with one attached hydrogen (secondary N) is 2. The van der Waals surface area contributed by atoms with Gasteiger partial charge in [0.2, 0.25) is 6.10 Å². The number of carbonyl (C=O) groups is 2. The van der Waals surface area contributed by atoms with Crippen LogP contribution in [0.4, 0.5) is 0 Å². The molecule has 0 bridgehead atoms. The second kappa shape index (κ2) is 6.85. The molecule has 0 aliphatic carbocycles. The van der Waals surface area contributed by atoms with E-state index in [1.807, 2.05) is 0 Å². The molecule has 2 amide bonds. The van der Waals surface area contributed by atoms with Crippen LogP contribution in [-0.4, -0.2) is 36.1 Å². The number of hydrogen-bond donors (Lipinski definition) is 3. The van der Waals surface area contributed by atoms with Crippen LogP contribution in [0.3, 0.4) is 0 Å². The van der Waals surface area contributed by atoms with E-state index in [0.717, 1.165) is 0 Å². The molecule has 0 fully saturated rings. The van der Waals surface area contributed by atoms with Crippen molar-refractivity contribution in [3.05, 3.63) is 25.3 Å². The van der Waals surface area contributed by atoms with Crippen molar-refractivity contribution >= 4 is 11.8 Å². The van der Waals surface area contributed by atoms with E-state index < -0.39 is 17.9 Å². The van der Waals surface area contributed by atoms with E-state index in [0.29, 0.717) is 0 Å². The van der Waals surface area contributed by atoms with Crippen molar-refractivity contribution in [3.8, 4) is 0 Å². The summed E-state index contributed by atoms with van der Waals surface area (Å²) >= 11 is 0. The van der Waals surface area contributed by atoms with Gasteiger partial charge in [-0.05, 0) is 0 Å². The van der Waals surface area contributed by atoms with Crippen molar-refractivity contribution < 1.29 is 14.7 Å². The monoisotopic (exact) mass is 198 g/mol. The third-order valence-electron chi connectivity index (χ3n) is 1.34. The van der Waals surface area contributed by atoms with E-state index in [-0.39, 0.29) is 13.1 Å². The van der Waals surface area contributed by atoms with Gasteiger partial charge < -0.3 is 15.7 Å². The summed E-state index contributed by atoms with van der Waals surface area (Å²) in [5.74, 6) is -1.49. The molecule has 0 radical (unpaired) electrons. The SMILES string of the molecule is C=CCNC(=O)C(O)C(=O)NCC=C. The number of carbonyl (C=O) groups excluding carboxylic acids is 2. The van der Waals surface area contributed by atoms with Crippen LogP contribution >= 0.6 is 0 Å². The number of aliphatic hydroxyl groups is 1. The second-order valence-electron chi connectivity index (χ2n) is 2.47. The Kier molecular flexibility index (Phi) is 6.06. The first-order chi connectivity index (χ1) is 6.63. The average molecular weight is 198 g/mol. The zero-order valence-electron chi connectivity index (χ0n) is 7.82. The third kappa shape index (κ3) is 4.42. The minimum Gasteiger partial charge on any atom is -0.375 e. The summed E-state index contributed by atoms with van der Waals surface area (Å²) in [5.41, 5.74) is 0. The van der Waals surface area contributed by atoms with Crippen molar-refractivity contribution in [1.29, 1.82) is 0 Å². The molecule has 5 heteroatoms. The summed E-state index contributed by atoms with van der Waals surface area (Å²) in [7, 11) is 0. The van der Waals surface area contributed by atoms with Crippen LogP contribution in [0.1, 0.15) is 0 Å². The topological polar surface area (TPSA) is 78.4 Å². The Morgan fingerprint density at radius 1 is 1.14 bits per heavy atom. The predicted molar refractivity (Wildman–Crippen MR) is 52.4 cm³/mol. The minimum absolute atomic E-state index is 0.213. The molecule has 14 heavy (non-hydrogen) atoms. The molecule has 78 valence electrons. The highest BCUT2D eigenvalue weighted by atomic mass is 16.3. The van der Waals surface area contributed by atoms with E-state index in [9.17, 15) is 9.59 Å².